The van der Waals surface area contributed by atoms with Crippen molar-refractivity contribution in [2.45, 2.75) is 13.8 Å². The minimum Gasteiger partial charge on any atom is -0.502 e. The van der Waals surface area contributed by atoms with Gasteiger partial charge < -0.3 is 14.6 Å². The summed E-state index contributed by atoms with van der Waals surface area (Å²) in [6.07, 6.45) is 4.12. The van der Waals surface area contributed by atoms with Crippen LogP contribution >= 0.6 is 11.8 Å². The molecule has 6 heteroatoms. The summed E-state index contributed by atoms with van der Waals surface area (Å²) in [6.45, 7) is 3.77. The molecule has 0 amide bonds. The number of ether oxygens (including phenoxy) is 2. The van der Waals surface area contributed by atoms with Crippen LogP contribution in [0.1, 0.15) is 13.8 Å². The molecule has 0 fully saturated rings. The van der Waals surface area contributed by atoms with Gasteiger partial charge in [-0.2, -0.15) is 0 Å². The lowest BCUT2D eigenvalue weighted by Crippen LogP contribution is -2.07. The predicted molar refractivity (Wildman–Crippen MR) is 65.6 cm³/mol. The lowest BCUT2D eigenvalue weighted by molar-refractivity contribution is -0.141. The van der Waals surface area contributed by atoms with E-state index in [1.807, 2.05) is 0 Å². The second kappa shape index (κ2) is 8.69. The Labute approximate surface area is 104 Å². The molecule has 0 radical (unpaired) electrons. The molecule has 0 heterocycles. The van der Waals surface area contributed by atoms with Gasteiger partial charge in [0, 0.05) is 0 Å². The van der Waals surface area contributed by atoms with Crippen molar-refractivity contribution in [3.8, 4) is 0 Å². The Morgan fingerprint density at radius 3 is 2.12 bits per heavy atom. The molecule has 1 N–H and O–H groups in total. The second-order valence-electron chi connectivity index (χ2n) is 2.73. The highest BCUT2D eigenvalue weighted by Gasteiger charge is 2.10. The number of carbonyl (C=O) groups excluding carboxylic acids is 2. The Kier molecular flexibility index (Phi) is 7.96. The fraction of sp³-hybridized carbons (Fsp3) is 0.455. The average Bonchev–Trinajstić information content (AvgIpc) is 2.30. The van der Waals surface area contributed by atoms with Gasteiger partial charge in [-0.15, -0.1) is 11.8 Å². The van der Waals surface area contributed by atoms with Crippen LogP contribution in [0.2, 0.25) is 0 Å². The van der Waals surface area contributed by atoms with Crippen molar-refractivity contribution in [3.63, 3.8) is 0 Å². The van der Waals surface area contributed by atoms with Gasteiger partial charge in [-0.1, -0.05) is 0 Å². The van der Waals surface area contributed by atoms with Gasteiger partial charge in [0.15, 0.2) is 0 Å². The van der Waals surface area contributed by atoms with Crippen molar-refractivity contribution < 1.29 is 24.2 Å². The molecule has 5 nitrogen and oxygen atoms in total. The Morgan fingerprint density at radius 2 is 1.65 bits per heavy atom. The lowest BCUT2D eigenvalue weighted by atomic mass is 10.4. The van der Waals surface area contributed by atoms with Gasteiger partial charge in [0.1, 0.15) is 0 Å². The molecule has 0 aromatic carbocycles. The summed E-state index contributed by atoms with van der Waals surface area (Å²) >= 11 is 1.16. The van der Waals surface area contributed by atoms with E-state index in [2.05, 4.69) is 4.74 Å². The van der Waals surface area contributed by atoms with E-state index in [0.717, 1.165) is 17.8 Å². The van der Waals surface area contributed by atoms with Crippen LogP contribution in [0.3, 0.4) is 0 Å². The molecule has 17 heavy (non-hydrogen) atoms. The van der Waals surface area contributed by atoms with Crippen LogP contribution in [-0.4, -0.2) is 36.5 Å². The molecule has 0 atom stereocenters. The lowest BCUT2D eigenvalue weighted by Gasteiger charge is -2.02. The zero-order valence-corrected chi connectivity index (χ0v) is 10.9. The van der Waals surface area contributed by atoms with Gasteiger partial charge in [-0.25, -0.2) is 9.59 Å². The summed E-state index contributed by atoms with van der Waals surface area (Å²) in [4.78, 5) is 22.7. The third-order valence-corrected chi connectivity index (χ3v) is 2.32. The number of rotatable bonds is 6. The van der Waals surface area contributed by atoms with Crippen LogP contribution in [0.5, 0.6) is 0 Å². The standard InChI is InChI=1S/C11H16O5S/c1-4-15-10(13)8(12)6-7-9(17-3)11(14)16-5-2/h6-7,12H,4-5H2,1-3H3/b8-6-,9-7-. The quantitative estimate of drug-likeness (QED) is 0.340. The van der Waals surface area contributed by atoms with E-state index in [1.54, 1.807) is 20.1 Å². The number of hydrogen-bond acceptors (Lipinski definition) is 6. The summed E-state index contributed by atoms with van der Waals surface area (Å²) in [6, 6.07) is 0. The predicted octanol–water partition coefficient (Wildman–Crippen LogP) is 1.80. The van der Waals surface area contributed by atoms with Crippen molar-refractivity contribution in [2.75, 3.05) is 19.5 Å². The molecule has 0 aliphatic carbocycles. The first-order valence-electron chi connectivity index (χ1n) is 5.05. The summed E-state index contributed by atoms with van der Waals surface area (Å²) in [5.74, 6) is -1.87. The second-order valence-corrected chi connectivity index (χ2v) is 3.58. The van der Waals surface area contributed by atoms with Crippen molar-refractivity contribution in [3.05, 3.63) is 22.8 Å². The Balaban J connectivity index is 4.69. The third-order valence-electron chi connectivity index (χ3n) is 1.57. The maximum Gasteiger partial charge on any atom is 0.373 e. The molecule has 0 aromatic heterocycles. The normalized spacial score (nSPS) is 12.2. The van der Waals surface area contributed by atoms with Crippen molar-refractivity contribution in [2.24, 2.45) is 0 Å². The number of allylic oxidation sites excluding steroid dienone is 2. The van der Waals surface area contributed by atoms with Crippen LogP contribution in [0.15, 0.2) is 22.8 Å². The van der Waals surface area contributed by atoms with Gasteiger partial charge in [0.25, 0.3) is 0 Å². The monoisotopic (exact) mass is 260 g/mol. The van der Waals surface area contributed by atoms with Crippen LogP contribution in [0.25, 0.3) is 0 Å². The van der Waals surface area contributed by atoms with Crippen molar-refractivity contribution >= 4 is 23.7 Å². The van der Waals surface area contributed by atoms with E-state index in [0.29, 0.717) is 4.91 Å². The molecule has 0 unspecified atom stereocenters. The van der Waals surface area contributed by atoms with Crippen LogP contribution in [-0.2, 0) is 19.1 Å². The third kappa shape index (κ3) is 6.01. The zero-order valence-electron chi connectivity index (χ0n) is 10.1. The Morgan fingerprint density at radius 1 is 1.12 bits per heavy atom. The van der Waals surface area contributed by atoms with Crippen molar-refractivity contribution in [1.82, 2.24) is 0 Å². The minimum absolute atomic E-state index is 0.174. The summed E-state index contributed by atoms with van der Waals surface area (Å²) in [5, 5.41) is 9.29. The molecule has 0 bridgehead atoms. The van der Waals surface area contributed by atoms with E-state index in [-0.39, 0.29) is 13.2 Å². The smallest absolute Gasteiger partial charge is 0.373 e. The molecule has 0 aliphatic heterocycles. The molecule has 0 rings (SSSR count). The van der Waals surface area contributed by atoms with E-state index in [4.69, 9.17) is 4.74 Å². The molecule has 96 valence electrons. The van der Waals surface area contributed by atoms with E-state index in [9.17, 15) is 14.7 Å². The summed E-state index contributed by atoms with van der Waals surface area (Å²) in [5.41, 5.74) is 0. The number of thioether (sulfide) groups is 1. The maximum absolute atomic E-state index is 11.3. The molecule has 0 aliphatic rings. The molecule has 0 aromatic rings. The van der Waals surface area contributed by atoms with E-state index in [1.165, 1.54) is 6.08 Å². The van der Waals surface area contributed by atoms with Crippen LogP contribution in [0.4, 0.5) is 0 Å². The zero-order chi connectivity index (χ0) is 13.3. The Bertz CT molecular complexity index is 333. The number of carbonyl (C=O) groups is 2. The highest BCUT2D eigenvalue weighted by Crippen LogP contribution is 2.14. The van der Waals surface area contributed by atoms with E-state index >= 15 is 0 Å². The van der Waals surface area contributed by atoms with Gasteiger partial charge in [-0.05, 0) is 32.3 Å². The van der Waals surface area contributed by atoms with Crippen molar-refractivity contribution in [1.29, 1.82) is 0 Å². The fourth-order valence-electron chi connectivity index (χ4n) is 0.849. The number of aliphatic hydroxyl groups is 1. The first-order valence-corrected chi connectivity index (χ1v) is 6.28. The minimum atomic E-state index is -0.826. The fourth-order valence-corrected chi connectivity index (χ4v) is 1.28. The first kappa shape index (κ1) is 15.6. The van der Waals surface area contributed by atoms with Gasteiger partial charge >= 0.3 is 11.9 Å². The summed E-state index contributed by atoms with van der Waals surface area (Å²) < 4.78 is 9.35. The molecule has 0 saturated heterocycles. The van der Waals surface area contributed by atoms with Gasteiger partial charge in [-0.3, -0.25) is 0 Å². The highest BCUT2D eigenvalue weighted by atomic mass is 32.2. The molecule has 0 saturated carbocycles. The Hall–Kier alpha value is -1.43. The topological polar surface area (TPSA) is 72.8 Å². The number of esters is 2. The molecular formula is C11H16O5S. The van der Waals surface area contributed by atoms with Gasteiger partial charge in [0.05, 0.1) is 18.1 Å². The largest absolute Gasteiger partial charge is 0.502 e. The molecular weight excluding hydrogens is 244 g/mol. The summed E-state index contributed by atoms with van der Waals surface area (Å²) in [7, 11) is 0. The van der Waals surface area contributed by atoms with Crippen LogP contribution < -0.4 is 0 Å². The maximum atomic E-state index is 11.3. The number of hydrogen-bond donors (Lipinski definition) is 1. The molecule has 0 spiro atoms. The number of aliphatic hydroxyl groups excluding tert-OH is 1. The average molecular weight is 260 g/mol. The SMILES string of the molecule is CCOC(=O)/C(O)=C/C=C(\SC)C(=O)OCC. The highest BCUT2D eigenvalue weighted by molar-refractivity contribution is 8.03. The van der Waals surface area contributed by atoms with Crippen LogP contribution in [0, 0.1) is 0 Å². The van der Waals surface area contributed by atoms with E-state index < -0.39 is 17.7 Å². The van der Waals surface area contributed by atoms with Gasteiger partial charge in [0.2, 0.25) is 5.76 Å². The first-order chi connectivity index (χ1) is 8.06.